The van der Waals surface area contributed by atoms with Crippen LogP contribution >= 0.6 is 11.3 Å². The highest BCUT2D eigenvalue weighted by Crippen LogP contribution is 2.28. The van der Waals surface area contributed by atoms with Crippen LogP contribution in [0.1, 0.15) is 10.4 Å². The van der Waals surface area contributed by atoms with Crippen molar-refractivity contribution >= 4 is 34.0 Å². The summed E-state index contributed by atoms with van der Waals surface area (Å²) in [5, 5.41) is 15.7. The van der Waals surface area contributed by atoms with Gasteiger partial charge < -0.3 is 14.2 Å². The number of nitrogens with one attached hydrogen (secondary N) is 1. The van der Waals surface area contributed by atoms with Gasteiger partial charge in [-0.3, -0.25) is 20.2 Å². The van der Waals surface area contributed by atoms with Crippen molar-refractivity contribution < 1.29 is 28.7 Å². The number of amides is 1. The first-order valence-corrected chi connectivity index (χ1v) is 9.68. The summed E-state index contributed by atoms with van der Waals surface area (Å²) in [4.78, 5) is 38.9. The molecular weight excluding hydrogens is 426 g/mol. The molecule has 0 aliphatic rings. The minimum absolute atomic E-state index is 0.00993. The van der Waals surface area contributed by atoms with Crippen molar-refractivity contribution in [3.05, 3.63) is 63.5 Å². The normalized spacial score (nSPS) is 10.3. The SMILES string of the molecule is COc1ccc(-c2csc(NC(=O)COC(=O)c3ccc(OC)c([N+](=O)[O-])c3)n2)cc1. The third-order valence-electron chi connectivity index (χ3n) is 4.08. The minimum Gasteiger partial charge on any atom is -0.497 e. The molecule has 2 aromatic carbocycles. The van der Waals surface area contributed by atoms with Crippen LogP contribution in [-0.4, -0.2) is 42.6 Å². The van der Waals surface area contributed by atoms with E-state index in [0.29, 0.717) is 10.8 Å². The van der Waals surface area contributed by atoms with Crippen LogP contribution in [0.2, 0.25) is 0 Å². The molecule has 11 heteroatoms. The molecule has 160 valence electrons. The van der Waals surface area contributed by atoms with Gasteiger partial charge in [-0.25, -0.2) is 9.78 Å². The summed E-state index contributed by atoms with van der Waals surface area (Å²) in [5.74, 6) is -0.738. The van der Waals surface area contributed by atoms with Gasteiger partial charge in [-0.05, 0) is 36.4 Å². The van der Waals surface area contributed by atoms with Gasteiger partial charge in [0.25, 0.3) is 5.91 Å². The number of nitro groups is 1. The first-order valence-electron chi connectivity index (χ1n) is 8.80. The summed E-state index contributed by atoms with van der Waals surface area (Å²) in [6.07, 6.45) is 0. The Labute approximate surface area is 180 Å². The van der Waals surface area contributed by atoms with Crippen molar-refractivity contribution in [2.75, 3.05) is 26.1 Å². The van der Waals surface area contributed by atoms with E-state index in [1.807, 2.05) is 12.1 Å². The molecule has 1 amide bonds. The fourth-order valence-electron chi connectivity index (χ4n) is 2.55. The molecule has 0 unspecified atom stereocenters. The molecule has 0 aliphatic carbocycles. The van der Waals surface area contributed by atoms with Crippen LogP contribution in [0.3, 0.4) is 0 Å². The van der Waals surface area contributed by atoms with Crippen LogP contribution in [-0.2, 0) is 9.53 Å². The summed E-state index contributed by atoms with van der Waals surface area (Å²) in [6.45, 7) is -0.573. The molecule has 0 bridgehead atoms. The van der Waals surface area contributed by atoms with Crippen LogP contribution < -0.4 is 14.8 Å². The molecule has 1 aromatic heterocycles. The van der Waals surface area contributed by atoms with Gasteiger partial charge in [0, 0.05) is 17.0 Å². The second-order valence-corrected chi connectivity index (χ2v) is 6.89. The summed E-state index contributed by atoms with van der Waals surface area (Å²) in [6, 6.07) is 10.9. The van der Waals surface area contributed by atoms with Crippen molar-refractivity contribution in [2.45, 2.75) is 0 Å². The predicted octanol–water partition coefficient (Wildman–Crippen LogP) is 3.53. The maximum Gasteiger partial charge on any atom is 0.338 e. The maximum atomic E-state index is 12.1. The lowest BCUT2D eigenvalue weighted by molar-refractivity contribution is -0.385. The molecule has 1 heterocycles. The number of anilines is 1. The zero-order chi connectivity index (χ0) is 22.4. The smallest absolute Gasteiger partial charge is 0.338 e. The van der Waals surface area contributed by atoms with E-state index in [1.54, 1.807) is 24.6 Å². The van der Waals surface area contributed by atoms with Gasteiger partial charge in [-0.15, -0.1) is 11.3 Å². The topological polar surface area (TPSA) is 130 Å². The largest absolute Gasteiger partial charge is 0.497 e. The average Bonchev–Trinajstić information content (AvgIpc) is 3.25. The van der Waals surface area contributed by atoms with Gasteiger partial charge in [-0.2, -0.15) is 0 Å². The molecule has 0 radical (unpaired) electrons. The fraction of sp³-hybridized carbons (Fsp3) is 0.150. The summed E-state index contributed by atoms with van der Waals surface area (Å²) in [7, 11) is 2.86. The summed E-state index contributed by atoms with van der Waals surface area (Å²) in [5.41, 5.74) is 1.07. The second kappa shape index (κ2) is 9.67. The van der Waals surface area contributed by atoms with Crippen LogP contribution in [0, 0.1) is 10.1 Å². The Morgan fingerprint density at radius 2 is 1.87 bits per heavy atom. The first kappa shape index (κ1) is 21.7. The lowest BCUT2D eigenvalue weighted by atomic mass is 10.2. The molecule has 31 heavy (non-hydrogen) atoms. The van der Waals surface area contributed by atoms with E-state index in [1.165, 1.54) is 30.6 Å². The van der Waals surface area contributed by atoms with E-state index in [2.05, 4.69) is 10.3 Å². The number of rotatable bonds is 8. The Morgan fingerprint density at radius 3 is 2.52 bits per heavy atom. The molecule has 1 N–H and O–H groups in total. The van der Waals surface area contributed by atoms with Gasteiger partial charge in [0.1, 0.15) is 5.75 Å². The number of benzene rings is 2. The number of hydrogen-bond acceptors (Lipinski definition) is 9. The van der Waals surface area contributed by atoms with Crippen LogP contribution in [0.25, 0.3) is 11.3 Å². The molecule has 3 rings (SSSR count). The molecule has 0 saturated carbocycles. The van der Waals surface area contributed by atoms with Crippen molar-refractivity contribution in [1.82, 2.24) is 4.98 Å². The number of esters is 1. The predicted molar refractivity (Wildman–Crippen MR) is 113 cm³/mol. The van der Waals surface area contributed by atoms with Crippen LogP contribution in [0.4, 0.5) is 10.8 Å². The van der Waals surface area contributed by atoms with Crippen molar-refractivity contribution in [3.63, 3.8) is 0 Å². The molecule has 0 spiro atoms. The number of thiazole rings is 1. The molecule has 10 nitrogen and oxygen atoms in total. The molecular formula is C20H17N3O7S. The maximum absolute atomic E-state index is 12.1. The number of nitrogens with zero attached hydrogens (tertiary/aromatic N) is 2. The van der Waals surface area contributed by atoms with Gasteiger partial charge in [0.15, 0.2) is 17.5 Å². The average molecular weight is 443 g/mol. The quantitative estimate of drug-likeness (QED) is 0.318. The lowest BCUT2D eigenvalue weighted by Gasteiger charge is -2.06. The monoisotopic (exact) mass is 443 g/mol. The number of ether oxygens (including phenoxy) is 3. The Kier molecular flexibility index (Phi) is 6.78. The van der Waals surface area contributed by atoms with Crippen molar-refractivity contribution in [3.8, 4) is 22.8 Å². The number of carbonyl (C=O) groups excluding carboxylic acids is 2. The van der Waals surface area contributed by atoms with Gasteiger partial charge in [0.2, 0.25) is 0 Å². The Hall–Kier alpha value is -3.99. The lowest BCUT2D eigenvalue weighted by Crippen LogP contribution is -2.20. The second-order valence-electron chi connectivity index (χ2n) is 6.03. The minimum atomic E-state index is -0.876. The van der Waals surface area contributed by atoms with Crippen LogP contribution in [0.15, 0.2) is 47.8 Å². The standard InChI is InChI=1S/C20H17N3O7S/c1-28-14-6-3-12(4-7-14)15-11-31-20(21-15)22-18(24)10-30-19(25)13-5-8-17(29-2)16(9-13)23(26)27/h3-9,11H,10H2,1-2H3,(H,21,22,24). The first-order chi connectivity index (χ1) is 14.9. The highest BCUT2D eigenvalue weighted by molar-refractivity contribution is 7.14. The highest BCUT2D eigenvalue weighted by atomic mass is 32.1. The Morgan fingerprint density at radius 1 is 1.13 bits per heavy atom. The number of aromatic nitrogens is 1. The molecule has 0 saturated heterocycles. The molecule has 0 fully saturated rings. The Bertz CT molecular complexity index is 1110. The highest BCUT2D eigenvalue weighted by Gasteiger charge is 2.19. The molecule has 3 aromatic rings. The number of carbonyl (C=O) groups is 2. The zero-order valence-corrected chi connectivity index (χ0v) is 17.3. The fourth-order valence-corrected chi connectivity index (χ4v) is 3.29. The third-order valence-corrected chi connectivity index (χ3v) is 4.84. The summed E-state index contributed by atoms with van der Waals surface area (Å²) < 4.78 is 14.9. The number of methoxy groups -OCH3 is 2. The Balaban J connectivity index is 1.58. The number of hydrogen-bond donors (Lipinski definition) is 1. The summed E-state index contributed by atoms with van der Waals surface area (Å²) >= 11 is 1.22. The van der Waals surface area contributed by atoms with Gasteiger partial charge in [-0.1, -0.05) is 0 Å². The van der Waals surface area contributed by atoms with Gasteiger partial charge in [0.05, 0.1) is 30.4 Å². The third kappa shape index (κ3) is 5.34. The molecule has 0 atom stereocenters. The van der Waals surface area contributed by atoms with E-state index in [-0.39, 0.29) is 17.0 Å². The van der Waals surface area contributed by atoms with Crippen molar-refractivity contribution in [2.24, 2.45) is 0 Å². The van der Waals surface area contributed by atoms with E-state index in [4.69, 9.17) is 14.2 Å². The van der Waals surface area contributed by atoms with Gasteiger partial charge >= 0.3 is 11.7 Å². The zero-order valence-electron chi connectivity index (χ0n) is 16.5. The van der Waals surface area contributed by atoms with E-state index in [0.717, 1.165) is 17.4 Å². The van der Waals surface area contributed by atoms with Crippen molar-refractivity contribution in [1.29, 1.82) is 0 Å². The van der Waals surface area contributed by atoms with Crippen LogP contribution in [0.5, 0.6) is 11.5 Å². The van der Waals surface area contributed by atoms with E-state index in [9.17, 15) is 19.7 Å². The van der Waals surface area contributed by atoms with E-state index < -0.39 is 23.4 Å². The number of nitro benzene ring substituents is 1. The van der Waals surface area contributed by atoms with E-state index >= 15 is 0 Å². The molecule has 0 aliphatic heterocycles.